The first kappa shape index (κ1) is 21.9. The smallest absolute Gasteiger partial charge is 0.279 e. The van der Waals surface area contributed by atoms with E-state index in [1.807, 2.05) is 29.7 Å². The van der Waals surface area contributed by atoms with Crippen molar-refractivity contribution >= 4 is 37.3 Å². The zero-order valence-corrected chi connectivity index (χ0v) is 19.4. The number of benzene rings is 2. The lowest BCUT2D eigenvalue weighted by Gasteiger charge is -2.15. The highest BCUT2D eigenvalue weighted by molar-refractivity contribution is 7.90. The highest BCUT2D eigenvalue weighted by Gasteiger charge is 2.15. The zero-order chi connectivity index (χ0) is 22.0. The van der Waals surface area contributed by atoms with Gasteiger partial charge in [-0.2, -0.15) is 4.99 Å². The minimum atomic E-state index is -3.32. The molecule has 1 heterocycles. The van der Waals surface area contributed by atoms with Gasteiger partial charge in [0.25, 0.3) is 5.91 Å². The Morgan fingerprint density at radius 3 is 2.65 bits per heavy atom. The maximum atomic E-state index is 13.0. The maximum Gasteiger partial charge on any atom is 0.279 e. The van der Waals surface area contributed by atoms with Crippen molar-refractivity contribution in [1.29, 1.82) is 0 Å². The summed E-state index contributed by atoms with van der Waals surface area (Å²) in [7, 11) is -3.32. The Hall–Kier alpha value is -2.29. The van der Waals surface area contributed by atoms with Crippen molar-refractivity contribution < 1.29 is 17.9 Å². The van der Waals surface area contributed by atoms with Crippen LogP contribution in [0.4, 0.5) is 0 Å². The van der Waals surface area contributed by atoms with Crippen LogP contribution in [0.15, 0.2) is 46.3 Å². The number of amides is 1. The summed E-state index contributed by atoms with van der Waals surface area (Å²) in [6.07, 6.45) is 5.61. The summed E-state index contributed by atoms with van der Waals surface area (Å²) in [5, 5.41) is 0. The SMILES string of the molecule is CCOCCn1c(=NC(=O)c2ccc3c(c2)CCCC3)sc2cc(S(C)(=O)=O)ccc21. The predicted molar refractivity (Wildman–Crippen MR) is 122 cm³/mol. The average Bonchev–Trinajstić information content (AvgIpc) is 3.09. The van der Waals surface area contributed by atoms with Crippen LogP contribution in [0.3, 0.4) is 0 Å². The number of fused-ring (bicyclic) bond motifs is 2. The number of aromatic nitrogens is 1. The lowest BCUT2D eigenvalue weighted by molar-refractivity contribution is 0.0996. The number of thiazole rings is 1. The number of ether oxygens (including phenoxy) is 1. The van der Waals surface area contributed by atoms with E-state index in [1.165, 1.54) is 35.1 Å². The molecule has 0 bridgehead atoms. The van der Waals surface area contributed by atoms with Crippen molar-refractivity contribution in [3.8, 4) is 0 Å². The molecule has 8 heteroatoms. The van der Waals surface area contributed by atoms with Crippen LogP contribution in [0, 0.1) is 0 Å². The number of carbonyl (C=O) groups is 1. The summed E-state index contributed by atoms with van der Waals surface area (Å²) < 4.78 is 32.1. The van der Waals surface area contributed by atoms with Crippen LogP contribution in [-0.4, -0.2) is 38.4 Å². The molecule has 0 fully saturated rings. The Bertz CT molecular complexity index is 1300. The molecule has 31 heavy (non-hydrogen) atoms. The van der Waals surface area contributed by atoms with E-state index in [0.29, 0.717) is 30.1 Å². The molecule has 1 aromatic heterocycles. The Labute approximate surface area is 186 Å². The number of aryl methyl sites for hydroxylation is 2. The summed E-state index contributed by atoms with van der Waals surface area (Å²) in [4.78, 5) is 18.2. The first-order valence-corrected chi connectivity index (χ1v) is 13.2. The third-order valence-electron chi connectivity index (χ3n) is 5.54. The highest BCUT2D eigenvalue weighted by atomic mass is 32.2. The van der Waals surface area contributed by atoms with Crippen molar-refractivity contribution in [3.05, 3.63) is 57.9 Å². The minimum Gasteiger partial charge on any atom is -0.380 e. The van der Waals surface area contributed by atoms with E-state index in [-0.39, 0.29) is 10.8 Å². The lowest BCUT2D eigenvalue weighted by atomic mass is 9.90. The van der Waals surface area contributed by atoms with E-state index in [1.54, 1.807) is 18.2 Å². The van der Waals surface area contributed by atoms with Crippen LogP contribution in [0.25, 0.3) is 10.2 Å². The zero-order valence-electron chi connectivity index (χ0n) is 17.8. The fourth-order valence-electron chi connectivity index (χ4n) is 3.90. The summed E-state index contributed by atoms with van der Waals surface area (Å²) >= 11 is 1.32. The largest absolute Gasteiger partial charge is 0.380 e. The van der Waals surface area contributed by atoms with Gasteiger partial charge in [0.15, 0.2) is 14.6 Å². The molecule has 164 valence electrons. The van der Waals surface area contributed by atoms with Gasteiger partial charge in [0, 0.05) is 25.0 Å². The van der Waals surface area contributed by atoms with Crippen molar-refractivity contribution in [3.63, 3.8) is 0 Å². The number of hydrogen-bond donors (Lipinski definition) is 0. The van der Waals surface area contributed by atoms with Gasteiger partial charge in [-0.3, -0.25) is 4.79 Å². The Morgan fingerprint density at radius 2 is 1.90 bits per heavy atom. The van der Waals surface area contributed by atoms with E-state index in [0.717, 1.165) is 29.5 Å². The molecule has 3 aromatic rings. The van der Waals surface area contributed by atoms with Gasteiger partial charge < -0.3 is 9.30 Å². The summed E-state index contributed by atoms with van der Waals surface area (Å²) in [6, 6.07) is 10.9. The first-order chi connectivity index (χ1) is 14.9. The van der Waals surface area contributed by atoms with E-state index < -0.39 is 9.84 Å². The molecular weight excluding hydrogens is 432 g/mol. The number of rotatable bonds is 6. The van der Waals surface area contributed by atoms with Crippen LogP contribution >= 0.6 is 11.3 Å². The van der Waals surface area contributed by atoms with Gasteiger partial charge in [-0.05, 0) is 74.1 Å². The molecule has 0 radical (unpaired) electrons. The molecule has 2 aromatic carbocycles. The van der Waals surface area contributed by atoms with E-state index in [4.69, 9.17) is 4.74 Å². The van der Waals surface area contributed by atoms with Gasteiger partial charge in [-0.25, -0.2) is 8.42 Å². The van der Waals surface area contributed by atoms with Crippen molar-refractivity contribution in [2.45, 2.75) is 44.0 Å². The molecular formula is C23H26N2O4S2. The maximum absolute atomic E-state index is 13.0. The third kappa shape index (κ3) is 4.81. The van der Waals surface area contributed by atoms with Gasteiger partial charge >= 0.3 is 0 Å². The Kier molecular flexibility index (Phi) is 6.41. The molecule has 4 rings (SSSR count). The molecule has 0 unspecified atom stereocenters. The van der Waals surface area contributed by atoms with Crippen LogP contribution in [0.5, 0.6) is 0 Å². The Balaban J connectivity index is 1.77. The monoisotopic (exact) mass is 458 g/mol. The highest BCUT2D eigenvalue weighted by Crippen LogP contribution is 2.24. The van der Waals surface area contributed by atoms with Crippen molar-refractivity contribution in [1.82, 2.24) is 4.57 Å². The van der Waals surface area contributed by atoms with E-state index in [2.05, 4.69) is 4.99 Å². The van der Waals surface area contributed by atoms with Crippen LogP contribution in [0.1, 0.15) is 41.3 Å². The van der Waals surface area contributed by atoms with Crippen LogP contribution < -0.4 is 4.80 Å². The lowest BCUT2D eigenvalue weighted by Crippen LogP contribution is -2.20. The van der Waals surface area contributed by atoms with Gasteiger partial charge in [-0.1, -0.05) is 17.4 Å². The molecule has 1 amide bonds. The summed E-state index contributed by atoms with van der Waals surface area (Å²) in [5.41, 5.74) is 4.00. The molecule has 0 saturated carbocycles. The first-order valence-electron chi connectivity index (χ1n) is 10.5. The van der Waals surface area contributed by atoms with Crippen molar-refractivity contribution in [2.24, 2.45) is 4.99 Å². The standard InChI is InChI=1S/C23H26N2O4S2/c1-3-29-13-12-25-20-11-10-19(31(2,27)28)15-21(20)30-23(25)24-22(26)18-9-8-16-6-4-5-7-17(16)14-18/h8-11,14-15H,3-7,12-13H2,1-2H3. The third-order valence-corrected chi connectivity index (χ3v) is 7.69. The number of hydrogen-bond acceptors (Lipinski definition) is 5. The van der Waals surface area contributed by atoms with Crippen LogP contribution in [-0.2, 0) is 34.0 Å². The molecule has 1 aliphatic rings. The van der Waals surface area contributed by atoms with E-state index in [9.17, 15) is 13.2 Å². The van der Waals surface area contributed by atoms with Gasteiger partial charge in [0.05, 0.1) is 21.7 Å². The second-order valence-electron chi connectivity index (χ2n) is 7.74. The van der Waals surface area contributed by atoms with E-state index >= 15 is 0 Å². The van der Waals surface area contributed by atoms with Crippen molar-refractivity contribution in [2.75, 3.05) is 19.5 Å². The molecule has 0 spiro atoms. The minimum absolute atomic E-state index is 0.255. The second kappa shape index (κ2) is 9.06. The van der Waals surface area contributed by atoms with Gasteiger partial charge in [0.2, 0.25) is 0 Å². The van der Waals surface area contributed by atoms with Crippen LogP contribution in [0.2, 0.25) is 0 Å². The Morgan fingerprint density at radius 1 is 1.13 bits per heavy atom. The number of sulfone groups is 1. The molecule has 0 saturated heterocycles. The fourth-order valence-corrected chi connectivity index (χ4v) is 5.72. The van der Waals surface area contributed by atoms with Gasteiger partial charge in [0.1, 0.15) is 0 Å². The average molecular weight is 459 g/mol. The van der Waals surface area contributed by atoms with Gasteiger partial charge in [-0.15, -0.1) is 0 Å². The quantitative estimate of drug-likeness (QED) is 0.527. The predicted octanol–water partition coefficient (Wildman–Crippen LogP) is 3.76. The normalized spacial score (nSPS) is 14.7. The molecule has 6 nitrogen and oxygen atoms in total. The number of carbonyl (C=O) groups excluding carboxylic acids is 1. The second-order valence-corrected chi connectivity index (χ2v) is 10.8. The summed E-state index contributed by atoms with van der Waals surface area (Å²) in [5.74, 6) is -0.284. The molecule has 0 aliphatic heterocycles. The number of nitrogens with zero attached hydrogens (tertiary/aromatic N) is 2. The fraction of sp³-hybridized carbons (Fsp3) is 0.391. The molecule has 1 aliphatic carbocycles. The molecule has 0 N–H and O–H groups in total. The molecule has 0 atom stereocenters. The summed E-state index contributed by atoms with van der Waals surface area (Å²) in [6.45, 7) is 3.54. The topological polar surface area (TPSA) is 77.7 Å².